The van der Waals surface area contributed by atoms with E-state index >= 15 is 0 Å². The minimum absolute atomic E-state index is 0.269. The first-order valence-corrected chi connectivity index (χ1v) is 45.2. The predicted octanol–water partition coefficient (Wildman–Crippen LogP) is 35.1. The Kier molecular flexibility index (Phi) is 32.9. The number of aromatic nitrogens is 1. The molecule has 0 aliphatic heterocycles. The van der Waals surface area contributed by atoms with Crippen LogP contribution in [0.5, 0.6) is 46.0 Å². The molecule has 6 nitrogen and oxygen atoms in total. The average Bonchev–Trinajstić information content (AvgIpc) is 1.54. The molecule has 1 aliphatic carbocycles. The van der Waals surface area contributed by atoms with Crippen LogP contribution in [-0.4, -0.2) is 4.98 Å². The Morgan fingerprint density at radius 3 is 0.705 bits per heavy atom. The Bertz CT molecular complexity index is 6490. The molecule has 0 N–H and O–H groups in total. The topological polar surface area (TPSA) is 63.0 Å². The fourth-order valence-electron chi connectivity index (χ4n) is 15.1. The molecule has 0 spiro atoms. The molecule has 0 unspecified atom stereocenters. The molecular weight excluding hydrogens is 1610 g/mol. The zero-order valence-electron chi connectivity index (χ0n) is 79.0. The van der Waals surface area contributed by atoms with Crippen LogP contribution in [0.15, 0.2) is 435 Å². The lowest BCUT2D eigenvalue weighted by Crippen LogP contribution is -2.28. The molecule has 20 rings (SSSR count). The van der Waals surface area contributed by atoms with E-state index in [1.165, 1.54) is 134 Å². The van der Waals surface area contributed by atoms with Crippen molar-refractivity contribution in [2.75, 3.05) is 0 Å². The number of hydrogen-bond donors (Lipinski definition) is 0. The molecule has 1 aliphatic rings. The summed E-state index contributed by atoms with van der Waals surface area (Å²) in [6.45, 7) is 33.4. The number of fused-ring (bicyclic) bond motifs is 4. The van der Waals surface area contributed by atoms with Gasteiger partial charge in [0.05, 0.1) is 5.41 Å². The summed E-state index contributed by atoms with van der Waals surface area (Å²) >= 11 is 0. The van der Waals surface area contributed by atoms with Crippen LogP contribution < -0.4 is 18.9 Å². The van der Waals surface area contributed by atoms with E-state index in [9.17, 15) is 0 Å². The van der Waals surface area contributed by atoms with Gasteiger partial charge in [0.15, 0.2) is 5.58 Å². The highest BCUT2D eigenvalue weighted by molar-refractivity contribution is 5.86. The van der Waals surface area contributed by atoms with Crippen LogP contribution in [0.3, 0.4) is 0 Å². The fraction of sp³-hybridized carbons (Fsp3) is 0.135. The monoisotopic (exact) mass is 1730 g/mol. The lowest BCUT2D eigenvalue weighted by atomic mass is 9.67. The van der Waals surface area contributed by atoms with Gasteiger partial charge in [0.1, 0.15) is 51.5 Å². The normalized spacial score (nSPS) is 10.9. The second-order valence-electron chi connectivity index (χ2n) is 34.3. The van der Waals surface area contributed by atoms with Gasteiger partial charge in [-0.3, -0.25) is 0 Å². The minimum Gasteiger partial charge on any atom is -0.457 e. The highest BCUT2D eigenvalue weighted by atomic mass is 16.5. The van der Waals surface area contributed by atoms with Crippen LogP contribution in [-0.2, 0) is 5.41 Å². The van der Waals surface area contributed by atoms with E-state index in [0.29, 0.717) is 5.89 Å². The number of benzene rings is 18. The molecule has 18 aromatic carbocycles. The van der Waals surface area contributed by atoms with Crippen molar-refractivity contribution in [3.8, 4) is 90.8 Å². The third kappa shape index (κ3) is 27.1. The van der Waals surface area contributed by atoms with E-state index in [2.05, 4.69) is 352 Å². The highest BCUT2D eigenvalue weighted by Crippen LogP contribution is 2.56. The average molecular weight is 1730 g/mol. The number of hydrogen-bond acceptors (Lipinski definition) is 6. The van der Waals surface area contributed by atoms with Gasteiger partial charge < -0.3 is 23.4 Å². The summed E-state index contributed by atoms with van der Waals surface area (Å²) in [5.74, 6) is 7.55. The molecule has 0 bridgehead atoms. The Morgan fingerprint density at radius 1 is 0.182 bits per heavy atom. The van der Waals surface area contributed by atoms with Crippen molar-refractivity contribution in [3.63, 3.8) is 0 Å². The van der Waals surface area contributed by atoms with Crippen molar-refractivity contribution in [1.29, 1.82) is 0 Å². The van der Waals surface area contributed by atoms with Gasteiger partial charge >= 0.3 is 0 Å². The molecule has 0 radical (unpaired) electrons. The zero-order chi connectivity index (χ0) is 92.9. The summed E-state index contributed by atoms with van der Waals surface area (Å²) in [7, 11) is 0. The summed E-state index contributed by atoms with van der Waals surface area (Å²) in [6.07, 6.45) is 0. The van der Waals surface area contributed by atoms with E-state index in [1.807, 2.05) is 194 Å². The summed E-state index contributed by atoms with van der Waals surface area (Å²) < 4.78 is 28.9. The van der Waals surface area contributed by atoms with Crippen LogP contribution >= 0.6 is 0 Å². The molecule has 132 heavy (non-hydrogen) atoms. The van der Waals surface area contributed by atoms with Crippen LogP contribution in [0.2, 0.25) is 0 Å². The Hall–Kier alpha value is -15.4. The minimum atomic E-state index is -0.269. The predicted molar refractivity (Wildman–Crippen MR) is 555 cm³/mol. The van der Waals surface area contributed by atoms with Crippen LogP contribution in [0.4, 0.5) is 0 Å². The first kappa shape index (κ1) is 94.2. The van der Waals surface area contributed by atoms with Crippen molar-refractivity contribution >= 4 is 11.1 Å². The van der Waals surface area contributed by atoms with Gasteiger partial charge in [-0.15, -0.1) is 0 Å². The molecule has 0 atom stereocenters. The SMILES string of the molecule is Cc1ccc(-c2ccc(C)cc2)cc1.Cc1ccc(-c2nc3cc(C)ccc3o2)cc1.Cc1ccc(C)cc1.Cc1ccc(C2(c3ccc(C)cc3)c3ccccc3-c3ccccc32)cc1.Cc1ccc(Oc2ccc(-c3ccc(Oc4ccc(C)cc4)cc3)cc2)cc1.Cc1ccc(Oc2ccc(C)cc2)cc1.Cc1ccc(Oc2cccc(C)c2)cc1.Cc1cccc(C)c1. The zero-order valence-corrected chi connectivity index (χ0v) is 79.0. The maximum absolute atomic E-state index is 5.90. The lowest BCUT2D eigenvalue weighted by Gasteiger charge is -2.34. The van der Waals surface area contributed by atoms with Crippen molar-refractivity contribution in [2.24, 2.45) is 0 Å². The van der Waals surface area contributed by atoms with Crippen LogP contribution in [0, 0.1) is 111 Å². The van der Waals surface area contributed by atoms with E-state index in [1.54, 1.807) is 0 Å². The van der Waals surface area contributed by atoms with Gasteiger partial charge in [-0.2, -0.15) is 0 Å². The highest BCUT2D eigenvalue weighted by Gasteiger charge is 2.45. The standard InChI is InChI=1S/C27H22.C26H22O2.C15H13NO.2C14H14O.C14H14.2C8H10/c1-19-11-15-21(16-12-19)27(22-17-13-20(2)14-18-22)25-9-5-3-7-23(25)24-8-4-6-10-26(24)27;1-19-3-11-23(12-4-19)27-25-15-7-21(8-16-25)22-9-17-26(18-10-22)28-24-13-5-20(2)6-14-24;1-10-3-6-12(7-4-10)15-16-13-9-11(2)5-8-14(13)17-15;1-11-3-7-13(8-4-11)15-14-9-5-12(2)6-10-14;1-11-6-8-13(9-7-11)15-14-5-3-4-12(2)10-14;1-11-3-7-13(8-4-11)14-9-5-12(2)6-10-14;1-7-3-5-8(2)6-4-7;1-7-4-3-5-8(2)6-7/h3-18H,1-2H3;3-18H,1-2H3;3-9H,1-2H3;2*3-10H,1-2H3;3-10H,1-2H3;2*3-6H,1-2H3. The number of ether oxygens (including phenoxy) is 4. The summed E-state index contributed by atoms with van der Waals surface area (Å²) in [5, 5.41) is 0. The van der Waals surface area contributed by atoms with Crippen molar-refractivity contribution in [3.05, 3.63) is 542 Å². The van der Waals surface area contributed by atoms with Crippen molar-refractivity contribution in [1.82, 2.24) is 4.98 Å². The summed E-state index contributed by atoms with van der Waals surface area (Å²) in [6, 6.07) is 149. The van der Waals surface area contributed by atoms with E-state index < -0.39 is 0 Å². The number of rotatable bonds is 13. The molecule has 0 fully saturated rings. The smallest absolute Gasteiger partial charge is 0.227 e. The first-order valence-electron chi connectivity index (χ1n) is 45.2. The van der Waals surface area contributed by atoms with E-state index in [-0.39, 0.29) is 5.41 Å². The Balaban J connectivity index is 0.000000132. The maximum atomic E-state index is 5.90. The third-order valence-electron chi connectivity index (χ3n) is 22.7. The van der Waals surface area contributed by atoms with Gasteiger partial charge in [0.2, 0.25) is 5.89 Å². The van der Waals surface area contributed by atoms with E-state index in [4.69, 9.17) is 23.4 Å². The van der Waals surface area contributed by atoms with E-state index in [0.717, 1.165) is 73.8 Å². The molecule has 19 aromatic rings. The molecule has 658 valence electrons. The summed E-state index contributed by atoms with van der Waals surface area (Å²) in [5.41, 5.74) is 35.8. The number of aryl methyl sites for hydroxylation is 16. The third-order valence-corrected chi connectivity index (χ3v) is 22.7. The largest absolute Gasteiger partial charge is 0.457 e. The Labute approximate surface area is 783 Å². The number of oxazole rings is 1. The van der Waals surface area contributed by atoms with Gasteiger partial charge in [-0.25, -0.2) is 4.98 Å². The number of nitrogens with zero attached hydrogens (tertiary/aromatic N) is 1. The molecule has 6 heteroatoms. The lowest BCUT2D eigenvalue weighted by molar-refractivity contribution is 0.482. The van der Waals surface area contributed by atoms with Crippen LogP contribution in [0.1, 0.15) is 111 Å². The van der Waals surface area contributed by atoms with Gasteiger partial charge in [-0.05, 0) is 299 Å². The molecule has 0 amide bonds. The molecule has 1 heterocycles. The van der Waals surface area contributed by atoms with Gasteiger partial charge in [0.25, 0.3) is 0 Å². The van der Waals surface area contributed by atoms with Gasteiger partial charge in [0, 0.05) is 5.56 Å². The van der Waals surface area contributed by atoms with Crippen molar-refractivity contribution in [2.45, 2.75) is 116 Å². The Morgan fingerprint density at radius 2 is 0.409 bits per heavy atom. The second-order valence-corrected chi connectivity index (χ2v) is 34.3. The van der Waals surface area contributed by atoms with Crippen LogP contribution in [0.25, 0.3) is 55.9 Å². The summed E-state index contributed by atoms with van der Waals surface area (Å²) in [4.78, 5) is 4.51. The maximum Gasteiger partial charge on any atom is 0.227 e. The van der Waals surface area contributed by atoms with Crippen molar-refractivity contribution < 1.29 is 23.4 Å². The second kappa shape index (κ2) is 46.1. The quantitative estimate of drug-likeness (QED) is 0.115. The molecule has 0 saturated heterocycles. The molecule has 1 aromatic heterocycles. The first-order chi connectivity index (χ1) is 63.9. The fourth-order valence-corrected chi connectivity index (χ4v) is 15.1. The van der Waals surface area contributed by atoms with Gasteiger partial charge in [-0.1, -0.05) is 387 Å². The molecular formula is C126H119NO5. The molecule has 0 saturated carbocycles.